The normalized spacial score (nSPS) is 10.5. The second-order valence-corrected chi connectivity index (χ2v) is 3.57. The van der Waals surface area contributed by atoms with Crippen molar-refractivity contribution in [2.24, 2.45) is 0 Å². The summed E-state index contributed by atoms with van der Waals surface area (Å²) in [5, 5.41) is 14.5. The molecule has 78 valence electrons. The van der Waals surface area contributed by atoms with Crippen molar-refractivity contribution in [2.75, 3.05) is 18.5 Å². The maximum absolute atomic E-state index is 8.68. The minimum atomic E-state index is 0.237. The average Bonchev–Trinajstić information content (AvgIpc) is 2.29. The molecule has 0 saturated carbocycles. The van der Waals surface area contributed by atoms with Crippen LogP contribution in [0.15, 0.2) is 42.5 Å². The van der Waals surface area contributed by atoms with Crippen LogP contribution in [0.1, 0.15) is 6.42 Å². The molecule has 0 atom stereocenters. The van der Waals surface area contributed by atoms with Gasteiger partial charge in [0.05, 0.1) is 0 Å². The third-order valence-corrected chi connectivity index (χ3v) is 2.41. The van der Waals surface area contributed by atoms with Crippen molar-refractivity contribution in [1.29, 1.82) is 0 Å². The molecule has 2 nitrogen and oxygen atoms in total. The van der Waals surface area contributed by atoms with Crippen molar-refractivity contribution in [3.8, 4) is 0 Å². The Hall–Kier alpha value is -1.54. The molecular weight excluding hydrogens is 186 g/mol. The molecule has 0 aliphatic rings. The molecule has 0 fully saturated rings. The van der Waals surface area contributed by atoms with E-state index in [0.29, 0.717) is 0 Å². The molecule has 0 bridgehead atoms. The van der Waals surface area contributed by atoms with Crippen LogP contribution in [0.5, 0.6) is 0 Å². The predicted octanol–water partition coefficient (Wildman–Crippen LogP) is 2.63. The number of hydrogen-bond acceptors (Lipinski definition) is 2. The number of benzene rings is 2. The number of aliphatic hydroxyl groups excluding tert-OH is 1. The van der Waals surface area contributed by atoms with Gasteiger partial charge in [-0.1, -0.05) is 30.3 Å². The molecule has 15 heavy (non-hydrogen) atoms. The van der Waals surface area contributed by atoms with Gasteiger partial charge in [-0.3, -0.25) is 0 Å². The summed E-state index contributed by atoms with van der Waals surface area (Å²) >= 11 is 0. The van der Waals surface area contributed by atoms with Crippen LogP contribution in [0.2, 0.25) is 0 Å². The SMILES string of the molecule is OCCCNc1ccc2ccccc2c1. The Morgan fingerprint density at radius 3 is 2.60 bits per heavy atom. The molecular formula is C13H15NO. The van der Waals surface area contributed by atoms with Gasteiger partial charge in [0.25, 0.3) is 0 Å². The molecule has 0 radical (unpaired) electrons. The summed E-state index contributed by atoms with van der Waals surface area (Å²) in [5.41, 5.74) is 1.11. The third-order valence-electron chi connectivity index (χ3n) is 2.41. The Labute approximate surface area is 89.6 Å². The summed E-state index contributed by atoms with van der Waals surface area (Å²) in [7, 11) is 0. The van der Waals surface area contributed by atoms with Gasteiger partial charge in [0.15, 0.2) is 0 Å². The number of hydrogen-bond donors (Lipinski definition) is 2. The lowest BCUT2D eigenvalue weighted by atomic mass is 10.1. The van der Waals surface area contributed by atoms with Crippen molar-refractivity contribution in [3.63, 3.8) is 0 Å². The fourth-order valence-electron chi connectivity index (χ4n) is 1.61. The summed E-state index contributed by atoms with van der Waals surface area (Å²) < 4.78 is 0. The average molecular weight is 201 g/mol. The number of anilines is 1. The van der Waals surface area contributed by atoms with Crippen LogP contribution < -0.4 is 5.32 Å². The highest BCUT2D eigenvalue weighted by Gasteiger charge is 1.94. The summed E-state index contributed by atoms with van der Waals surface area (Å²) in [4.78, 5) is 0. The van der Waals surface area contributed by atoms with E-state index >= 15 is 0 Å². The van der Waals surface area contributed by atoms with Gasteiger partial charge in [0.1, 0.15) is 0 Å². The molecule has 2 rings (SSSR count). The monoisotopic (exact) mass is 201 g/mol. The van der Waals surface area contributed by atoms with Gasteiger partial charge < -0.3 is 10.4 Å². The zero-order valence-electron chi connectivity index (χ0n) is 8.61. The number of fused-ring (bicyclic) bond motifs is 1. The second kappa shape index (κ2) is 4.80. The zero-order chi connectivity index (χ0) is 10.5. The van der Waals surface area contributed by atoms with Crippen LogP contribution in [0.4, 0.5) is 5.69 Å². The number of rotatable bonds is 4. The van der Waals surface area contributed by atoms with Crippen LogP contribution in [-0.2, 0) is 0 Å². The minimum absolute atomic E-state index is 0.237. The van der Waals surface area contributed by atoms with Crippen molar-refractivity contribution in [3.05, 3.63) is 42.5 Å². The number of nitrogens with one attached hydrogen (secondary N) is 1. The Kier molecular flexibility index (Phi) is 3.20. The Morgan fingerprint density at radius 2 is 1.80 bits per heavy atom. The largest absolute Gasteiger partial charge is 0.396 e. The molecule has 0 saturated heterocycles. The molecule has 0 aromatic heterocycles. The van der Waals surface area contributed by atoms with Crippen LogP contribution in [0.3, 0.4) is 0 Å². The fraction of sp³-hybridized carbons (Fsp3) is 0.231. The highest BCUT2D eigenvalue weighted by molar-refractivity contribution is 5.85. The van der Waals surface area contributed by atoms with Gasteiger partial charge in [-0.25, -0.2) is 0 Å². The number of aliphatic hydroxyl groups is 1. The van der Waals surface area contributed by atoms with Gasteiger partial charge in [-0.15, -0.1) is 0 Å². The maximum atomic E-state index is 8.68. The van der Waals surface area contributed by atoms with Crippen molar-refractivity contribution >= 4 is 16.5 Å². The van der Waals surface area contributed by atoms with Crippen molar-refractivity contribution in [2.45, 2.75) is 6.42 Å². The lowest BCUT2D eigenvalue weighted by Gasteiger charge is -2.06. The molecule has 2 heteroatoms. The molecule has 0 aliphatic heterocycles. The second-order valence-electron chi connectivity index (χ2n) is 3.57. The quantitative estimate of drug-likeness (QED) is 0.745. The van der Waals surface area contributed by atoms with Gasteiger partial charge in [-0.2, -0.15) is 0 Å². The molecule has 0 unspecified atom stereocenters. The molecule has 2 aromatic carbocycles. The topological polar surface area (TPSA) is 32.3 Å². The fourth-order valence-corrected chi connectivity index (χ4v) is 1.61. The highest BCUT2D eigenvalue weighted by Crippen LogP contribution is 2.18. The first-order valence-electron chi connectivity index (χ1n) is 5.24. The molecule has 0 aliphatic carbocycles. The predicted molar refractivity (Wildman–Crippen MR) is 64.1 cm³/mol. The van der Waals surface area contributed by atoms with E-state index in [4.69, 9.17) is 5.11 Å². The molecule has 0 heterocycles. The van der Waals surface area contributed by atoms with Crippen molar-refractivity contribution < 1.29 is 5.11 Å². The maximum Gasteiger partial charge on any atom is 0.0447 e. The molecule has 2 aromatic rings. The van der Waals surface area contributed by atoms with E-state index in [1.54, 1.807) is 0 Å². The molecule has 0 spiro atoms. The molecule has 0 amide bonds. The highest BCUT2D eigenvalue weighted by atomic mass is 16.3. The van der Waals surface area contributed by atoms with E-state index in [1.165, 1.54) is 10.8 Å². The zero-order valence-corrected chi connectivity index (χ0v) is 8.61. The minimum Gasteiger partial charge on any atom is -0.396 e. The summed E-state index contributed by atoms with van der Waals surface area (Å²) in [6.07, 6.45) is 0.785. The van der Waals surface area contributed by atoms with E-state index < -0.39 is 0 Å². The van der Waals surface area contributed by atoms with E-state index in [-0.39, 0.29) is 6.61 Å². The lowest BCUT2D eigenvalue weighted by Crippen LogP contribution is -2.02. The van der Waals surface area contributed by atoms with E-state index in [0.717, 1.165) is 18.7 Å². The lowest BCUT2D eigenvalue weighted by molar-refractivity contribution is 0.292. The van der Waals surface area contributed by atoms with Crippen LogP contribution in [-0.4, -0.2) is 18.3 Å². The van der Waals surface area contributed by atoms with E-state index in [1.807, 2.05) is 12.1 Å². The first-order chi connectivity index (χ1) is 7.40. The van der Waals surface area contributed by atoms with Crippen LogP contribution in [0, 0.1) is 0 Å². The van der Waals surface area contributed by atoms with Crippen molar-refractivity contribution in [1.82, 2.24) is 0 Å². The standard InChI is InChI=1S/C13H15NO/c15-9-3-8-14-13-7-6-11-4-1-2-5-12(11)10-13/h1-2,4-7,10,14-15H,3,8-9H2. The van der Waals surface area contributed by atoms with E-state index in [9.17, 15) is 0 Å². The Balaban J connectivity index is 2.16. The van der Waals surface area contributed by atoms with E-state index in [2.05, 4.69) is 35.6 Å². The van der Waals surface area contributed by atoms with Crippen LogP contribution in [0.25, 0.3) is 10.8 Å². The summed E-state index contributed by atoms with van der Waals surface area (Å²) in [6, 6.07) is 14.6. The van der Waals surface area contributed by atoms with Gasteiger partial charge in [0, 0.05) is 18.8 Å². The first-order valence-corrected chi connectivity index (χ1v) is 5.24. The summed E-state index contributed by atoms with van der Waals surface area (Å²) in [6.45, 7) is 1.05. The van der Waals surface area contributed by atoms with Gasteiger partial charge in [-0.05, 0) is 29.3 Å². The summed E-state index contributed by atoms with van der Waals surface area (Å²) in [5.74, 6) is 0. The first kappa shape index (κ1) is 9.99. The van der Waals surface area contributed by atoms with Gasteiger partial charge >= 0.3 is 0 Å². The Morgan fingerprint density at radius 1 is 1.00 bits per heavy atom. The molecule has 2 N–H and O–H groups in total. The van der Waals surface area contributed by atoms with Crippen LogP contribution >= 0.6 is 0 Å². The third kappa shape index (κ3) is 2.48. The Bertz CT molecular complexity index is 439. The van der Waals surface area contributed by atoms with Gasteiger partial charge in [0.2, 0.25) is 0 Å². The smallest absolute Gasteiger partial charge is 0.0447 e.